The van der Waals surface area contributed by atoms with E-state index in [4.69, 9.17) is 9.97 Å². The summed E-state index contributed by atoms with van der Waals surface area (Å²) < 4.78 is 4.70. The third-order valence-corrected chi connectivity index (χ3v) is 11.8. The van der Waals surface area contributed by atoms with E-state index in [1.54, 1.807) is 11.3 Å². The highest BCUT2D eigenvalue weighted by Crippen LogP contribution is 2.44. The van der Waals surface area contributed by atoms with Crippen molar-refractivity contribution in [2.75, 3.05) is 0 Å². The first-order chi connectivity index (χ1) is 26.8. The second-order valence-corrected chi connectivity index (χ2v) is 14.8. The molecular formula is C50H31N3S. The Morgan fingerprint density at radius 1 is 0.389 bits per heavy atom. The Labute approximate surface area is 316 Å². The van der Waals surface area contributed by atoms with Gasteiger partial charge in [-0.3, -0.25) is 0 Å². The predicted molar refractivity (Wildman–Crippen MR) is 229 cm³/mol. The van der Waals surface area contributed by atoms with Crippen LogP contribution in [0.25, 0.3) is 103 Å². The van der Waals surface area contributed by atoms with Gasteiger partial charge in [-0.05, 0) is 69.4 Å². The molecule has 0 fully saturated rings. The van der Waals surface area contributed by atoms with Crippen LogP contribution in [0.5, 0.6) is 0 Å². The molecule has 11 rings (SSSR count). The van der Waals surface area contributed by atoms with Gasteiger partial charge in [0, 0.05) is 37.7 Å². The third kappa shape index (κ3) is 4.96. The molecule has 8 aromatic carbocycles. The van der Waals surface area contributed by atoms with Gasteiger partial charge >= 0.3 is 0 Å². The van der Waals surface area contributed by atoms with Crippen LogP contribution in [0.15, 0.2) is 188 Å². The van der Waals surface area contributed by atoms with Crippen molar-refractivity contribution in [2.24, 2.45) is 0 Å². The van der Waals surface area contributed by atoms with Crippen LogP contribution in [-0.2, 0) is 0 Å². The maximum atomic E-state index is 5.28. The number of aromatic nitrogens is 3. The summed E-state index contributed by atoms with van der Waals surface area (Å²) in [5.74, 6) is 0.734. The van der Waals surface area contributed by atoms with Crippen molar-refractivity contribution in [3.63, 3.8) is 0 Å². The summed E-state index contributed by atoms with van der Waals surface area (Å²) in [6.45, 7) is 0. The van der Waals surface area contributed by atoms with E-state index in [0.717, 1.165) is 43.9 Å². The Kier molecular flexibility index (Phi) is 7.04. The highest BCUT2D eigenvalue weighted by Gasteiger charge is 2.19. The summed E-state index contributed by atoms with van der Waals surface area (Å²) in [5.41, 5.74) is 12.4. The second kappa shape index (κ2) is 12.4. The van der Waals surface area contributed by atoms with Crippen molar-refractivity contribution >= 4 is 64.2 Å². The van der Waals surface area contributed by atoms with E-state index in [0.29, 0.717) is 0 Å². The Balaban J connectivity index is 1.07. The van der Waals surface area contributed by atoms with E-state index in [9.17, 15) is 0 Å². The minimum Gasteiger partial charge on any atom is -0.309 e. The van der Waals surface area contributed by atoms with Crippen LogP contribution in [-0.4, -0.2) is 14.5 Å². The summed E-state index contributed by atoms with van der Waals surface area (Å²) >= 11 is 1.79. The molecule has 0 spiro atoms. The topological polar surface area (TPSA) is 30.7 Å². The molecule has 0 aliphatic heterocycles. The fourth-order valence-electron chi connectivity index (χ4n) is 8.02. The maximum absolute atomic E-state index is 5.28. The van der Waals surface area contributed by atoms with Gasteiger partial charge < -0.3 is 4.57 Å². The average molecular weight is 706 g/mol. The van der Waals surface area contributed by atoms with E-state index in [1.165, 1.54) is 59.5 Å². The summed E-state index contributed by atoms with van der Waals surface area (Å²) in [5, 5.41) is 6.11. The van der Waals surface area contributed by atoms with Crippen LogP contribution in [0.1, 0.15) is 0 Å². The van der Waals surface area contributed by atoms with Crippen LogP contribution in [0.2, 0.25) is 0 Å². The molecular weight excluding hydrogens is 675 g/mol. The summed E-state index contributed by atoms with van der Waals surface area (Å²) in [6, 6.07) is 67.3. The number of nitrogens with zero attached hydrogens (tertiary/aromatic N) is 3. The van der Waals surface area contributed by atoms with Crippen molar-refractivity contribution in [2.45, 2.75) is 0 Å². The Bertz CT molecular complexity index is 3160. The van der Waals surface area contributed by atoms with Gasteiger partial charge in [0.25, 0.3) is 0 Å². The number of hydrogen-bond donors (Lipinski definition) is 0. The Hall–Kier alpha value is -6.88. The molecule has 3 nitrogen and oxygen atoms in total. The van der Waals surface area contributed by atoms with Crippen LogP contribution >= 0.6 is 11.3 Å². The molecule has 0 N–H and O–H groups in total. The zero-order chi connectivity index (χ0) is 35.6. The highest BCUT2D eigenvalue weighted by atomic mass is 32.1. The number of hydrogen-bond acceptors (Lipinski definition) is 3. The molecule has 0 atom stereocenters. The van der Waals surface area contributed by atoms with Crippen LogP contribution < -0.4 is 0 Å². The number of para-hydroxylation sites is 2. The van der Waals surface area contributed by atoms with Crippen LogP contribution in [0.3, 0.4) is 0 Å². The summed E-state index contributed by atoms with van der Waals surface area (Å²) in [6.07, 6.45) is 0. The number of fused-ring (bicyclic) bond motifs is 7. The van der Waals surface area contributed by atoms with Gasteiger partial charge in [-0.25, -0.2) is 9.97 Å². The van der Waals surface area contributed by atoms with Crippen LogP contribution in [0.4, 0.5) is 0 Å². The van der Waals surface area contributed by atoms with Gasteiger partial charge in [-0.2, -0.15) is 0 Å². The molecule has 4 heteroatoms. The van der Waals surface area contributed by atoms with E-state index in [1.807, 2.05) is 18.2 Å². The van der Waals surface area contributed by atoms with Crippen molar-refractivity contribution in [3.8, 4) is 50.6 Å². The number of rotatable bonds is 5. The van der Waals surface area contributed by atoms with E-state index >= 15 is 0 Å². The quantitative estimate of drug-likeness (QED) is 0.178. The second-order valence-electron chi connectivity index (χ2n) is 13.8. The molecule has 0 saturated carbocycles. The van der Waals surface area contributed by atoms with Gasteiger partial charge in [0.05, 0.1) is 26.9 Å². The lowest BCUT2D eigenvalue weighted by Gasteiger charge is -2.11. The first-order valence-corrected chi connectivity index (χ1v) is 19.1. The minimum atomic E-state index is 0.734. The molecule has 11 aromatic rings. The molecule has 0 saturated heterocycles. The molecule has 0 aliphatic carbocycles. The number of thiophene rings is 1. The highest BCUT2D eigenvalue weighted by molar-refractivity contribution is 7.26. The molecule has 0 aliphatic rings. The Morgan fingerprint density at radius 3 is 1.78 bits per heavy atom. The Morgan fingerprint density at radius 2 is 1.00 bits per heavy atom. The molecule has 3 aromatic heterocycles. The SMILES string of the molecule is c1ccc(-c2cccc(-c3nc(-c4ccccc4)nc4c3sc3c(-c5ccc6cc(-n7c8ccccc8c8ccccc87)ccc6c5)cccc34)c2)cc1. The lowest BCUT2D eigenvalue weighted by molar-refractivity contribution is 1.19. The normalized spacial score (nSPS) is 11.7. The van der Waals surface area contributed by atoms with Gasteiger partial charge in [-0.15, -0.1) is 11.3 Å². The molecule has 0 unspecified atom stereocenters. The maximum Gasteiger partial charge on any atom is 0.160 e. The zero-order valence-corrected chi connectivity index (χ0v) is 30.0. The number of benzene rings is 8. The average Bonchev–Trinajstić information content (AvgIpc) is 3.80. The molecule has 54 heavy (non-hydrogen) atoms. The standard InChI is InChI=1S/C50H31N3S/c1-3-13-32(14-4-1)34-17-11-18-38(30-34)46-49-47(52-50(51-46)33-15-5-2-6-16-33)43-22-12-21-40(48(43)54-49)37-26-25-36-31-39(28-27-35(36)29-37)53-44-23-9-7-19-41(44)42-20-8-10-24-45(42)53/h1-31H. The van der Waals surface area contributed by atoms with Crippen molar-refractivity contribution in [1.29, 1.82) is 0 Å². The molecule has 0 radical (unpaired) electrons. The minimum absolute atomic E-state index is 0.734. The third-order valence-electron chi connectivity index (χ3n) is 10.6. The van der Waals surface area contributed by atoms with Gasteiger partial charge in [0.15, 0.2) is 5.82 Å². The molecule has 0 amide bonds. The van der Waals surface area contributed by atoms with E-state index in [2.05, 4.69) is 174 Å². The summed E-state index contributed by atoms with van der Waals surface area (Å²) in [7, 11) is 0. The lowest BCUT2D eigenvalue weighted by Crippen LogP contribution is -1.93. The van der Waals surface area contributed by atoms with Crippen LogP contribution in [0, 0.1) is 0 Å². The van der Waals surface area contributed by atoms with Gasteiger partial charge in [0.2, 0.25) is 0 Å². The van der Waals surface area contributed by atoms with E-state index in [-0.39, 0.29) is 0 Å². The first kappa shape index (κ1) is 30.7. The molecule has 0 bridgehead atoms. The van der Waals surface area contributed by atoms with Gasteiger partial charge in [-0.1, -0.05) is 152 Å². The fourth-order valence-corrected chi connectivity index (χ4v) is 9.31. The molecule has 3 heterocycles. The van der Waals surface area contributed by atoms with Crippen molar-refractivity contribution in [1.82, 2.24) is 14.5 Å². The zero-order valence-electron chi connectivity index (χ0n) is 29.1. The van der Waals surface area contributed by atoms with E-state index < -0.39 is 0 Å². The van der Waals surface area contributed by atoms with Gasteiger partial charge in [0.1, 0.15) is 0 Å². The smallest absolute Gasteiger partial charge is 0.160 e. The summed E-state index contributed by atoms with van der Waals surface area (Å²) in [4.78, 5) is 10.5. The monoisotopic (exact) mass is 705 g/mol. The van der Waals surface area contributed by atoms with Crippen molar-refractivity contribution < 1.29 is 0 Å². The largest absolute Gasteiger partial charge is 0.309 e. The fraction of sp³-hybridized carbons (Fsp3) is 0. The predicted octanol–water partition coefficient (Wildman–Crippen LogP) is 13.8. The molecule has 252 valence electrons. The lowest BCUT2D eigenvalue weighted by atomic mass is 9.99. The van der Waals surface area contributed by atoms with Crippen molar-refractivity contribution in [3.05, 3.63) is 188 Å². The first-order valence-electron chi connectivity index (χ1n) is 18.2.